The number of hydrogen-bond donors (Lipinski definition) is 1. The number of nitrogen functional groups attached to an aromatic ring is 1. The molecule has 3 nitrogen and oxygen atoms in total. The molecule has 0 aliphatic rings. The SMILES string of the molecule is Cc1ccccc1CS(=O)(=O)Cc1cccc(N)c1F. The Morgan fingerprint density at radius 3 is 2.30 bits per heavy atom. The summed E-state index contributed by atoms with van der Waals surface area (Å²) in [5.74, 6) is -1.10. The van der Waals surface area contributed by atoms with E-state index in [0.717, 1.165) is 11.1 Å². The first-order valence-electron chi connectivity index (χ1n) is 6.17. The molecule has 2 N–H and O–H groups in total. The zero-order valence-corrected chi connectivity index (χ0v) is 12.0. The van der Waals surface area contributed by atoms with Crippen LogP contribution in [0.3, 0.4) is 0 Å². The summed E-state index contributed by atoms with van der Waals surface area (Å²) >= 11 is 0. The molecule has 0 saturated heterocycles. The Hall–Kier alpha value is -1.88. The third-order valence-corrected chi connectivity index (χ3v) is 4.62. The minimum Gasteiger partial charge on any atom is -0.396 e. The van der Waals surface area contributed by atoms with Crippen molar-refractivity contribution in [3.8, 4) is 0 Å². The Morgan fingerprint density at radius 2 is 1.60 bits per heavy atom. The highest BCUT2D eigenvalue weighted by Gasteiger charge is 2.17. The van der Waals surface area contributed by atoms with Gasteiger partial charge in [-0.2, -0.15) is 0 Å². The van der Waals surface area contributed by atoms with Crippen LogP contribution in [-0.4, -0.2) is 8.42 Å². The van der Waals surface area contributed by atoms with Gasteiger partial charge >= 0.3 is 0 Å². The molecule has 106 valence electrons. The molecule has 0 heterocycles. The van der Waals surface area contributed by atoms with Gasteiger partial charge in [0, 0.05) is 5.56 Å². The third-order valence-electron chi connectivity index (χ3n) is 3.12. The maximum Gasteiger partial charge on any atom is 0.158 e. The highest BCUT2D eigenvalue weighted by Crippen LogP contribution is 2.20. The van der Waals surface area contributed by atoms with E-state index in [2.05, 4.69) is 0 Å². The average molecular weight is 293 g/mol. The normalized spacial score (nSPS) is 11.5. The average Bonchev–Trinajstić information content (AvgIpc) is 2.37. The number of anilines is 1. The molecule has 0 fully saturated rings. The summed E-state index contributed by atoms with van der Waals surface area (Å²) in [6.07, 6.45) is 0. The summed E-state index contributed by atoms with van der Waals surface area (Å²) in [5.41, 5.74) is 7.16. The van der Waals surface area contributed by atoms with Crippen LogP contribution in [0.25, 0.3) is 0 Å². The summed E-state index contributed by atoms with van der Waals surface area (Å²) in [5, 5.41) is 0. The largest absolute Gasteiger partial charge is 0.396 e. The Labute approximate surface area is 118 Å². The number of rotatable bonds is 4. The molecular formula is C15H16FNO2S. The molecule has 2 aromatic rings. The Balaban J connectivity index is 2.24. The van der Waals surface area contributed by atoms with Crippen LogP contribution < -0.4 is 5.73 Å². The molecule has 0 aliphatic heterocycles. The molecule has 0 amide bonds. The van der Waals surface area contributed by atoms with Crippen molar-refractivity contribution in [2.75, 3.05) is 5.73 Å². The molecule has 0 unspecified atom stereocenters. The van der Waals surface area contributed by atoms with Crippen LogP contribution in [0.2, 0.25) is 0 Å². The molecule has 0 spiro atoms. The predicted octanol–water partition coefficient (Wildman–Crippen LogP) is 2.83. The lowest BCUT2D eigenvalue weighted by Gasteiger charge is -2.09. The van der Waals surface area contributed by atoms with E-state index in [9.17, 15) is 12.8 Å². The van der Waals surface area contributed by atoms with Gasteiger partial charge in [0.1, 0.15) is 5.82 Å². The van der Waals surface area contributed by atoms with E-state index in [1.807, 2.05) is 19.1 Å². The van der Waals surface area contributed by atoms with Crippen LogP contribution in [-0.2, 0) is 21.3 Å². The summed E-state index contributed by atoms with van der Waals surface area (Å²) in [7, 11) is -3.45. The molecule has 0 saturated carbocycles. The molecule has 0 radical (unpaired) electrons. The quantitative estimate of drug-likeness (QED) is 0.882. The smallest absolute Gasteiger partial charge is 0.158 e. The van der Waals surface area contributed by atoms with Crippen molar-refractivity contribution in [1.29, 1.82) is 0 Å². The second kappa shape index (κ2) is 5.63. The molecule has 0 atom stereocenters. The lowest BCUT2D eigenvalue weighted by Crippen LogP contribution is -2.10. The van der Waals surface area contributed by atoms with E-state index in [4.69, 9.17) is 5.73 Å². The van der Waals surface area contributed by atoms with Crippen molar-refractivity contribution in [1.82, 2.24) is 0 Å². The number of aryl methyl sites for hydroxylation is 1. The monoisotopic (exact) mass is 293 g/mol. The minimum absolute atomic E-state index is 0.0337. The number of nitrogens with two attached hydrogens (primary N) is 1. The van der Waals surface area contributed by atoms with Crippen molar-refractivity contribution in [2.45, 2.75) is 18.4 Å². The van der Waals surface area contributed by atoms with Gasteiger partial charge in [0.15, 0.2) is 9.84 Å². The summed E-state index contributed by atoms with van der Waals surface area (Å²) < 4.78 is 38.1. The van der Waals surface area contributed by atoms with Gasteiger partial charge < -0.3 is 5.73 Å². The fraction of sp³-hybridized carbons (Fsp3) is 0.200. The first-order chi connectivity index (χ1) is 9.39. The van der Waals surface area contributed by atoms with Crippen LogP contribution in [0.15, 0.2) is 42.5 Å². The summed E-state index contributed by atoms with van der Waals surface area (Å²) in [6, 6.07) is 11.7. The van der Waals surface area contributed by atoms with E-state index in [1.165, 1.54) is 12.1 Å². The molecule has 2 aromatic carbocycles. The van der Waals surface area contributed by atoms with Crippen molar-refractivity contribution in [3.63, 3.8) is 0 Å². The summed E-state index contributed by atoms with van der Waals surface area (Å²) in [4.78, 5) is 0. The molecule has 2 rings (SSSR count). The van der Waals surface area contributed by atoms with E-state index in [1.54, 1.807) is 18.2 Å². The molecule has 5 heteroatoms. The predicted molar refractivity (Wildman–Crippen MR) is 78.3 cm³/mol. The van der Waals surface area contributed by atoms with Crippen molar-refractivity contribution >= 4 is 15.5 Å². The maximum absolute atomic E-state index is 13.8. The van der Waals surface area contributed by atoms with Gasteiger partial charge in [-0.1, -0.05) is 36.4 Å². The van der Waals surface area contributed by atoms with E-state index < -0.39 is 15.7 Å². The van der Waals surface area contributed by atoms with Crippen LogP contribution in [0.1, 0.15) is 16.7 Å². The van der Waals surface area contributed by atoms with Gasteiger partial charge in [-0.15, -0.1) is 0 Å². The Kier molecular flexibility index (Phi) is 4.09. The van der Waals surface area contributed by atoms with Crippen LogP contribution >= 0.6 is 0 Å². The van der Waals surface area contributed by atoms with Gasteiger partial charge in [-0.25, -0.2) is 12.8 Å². The summed E-state index contributed by atoms with van der Waals surface area (Å²) in [6.45, 7) is 1.85. The molecule has 0 aliphatic carbocycles. The van der Waals surface area contributed by atoms with E-state index >= 15 is 0 Å². The minimum atomic E-state index is -3.45. The van der Waals surface area contributed by atoms with Crippen molar-refractivity contribution < 1.29 is 12.8 Å². The standard InChI is InChI=1S/C15H16FNO2S/c1-11-5-2-3-6-12(11)9-20(18,19)10-13-7-4-8-14(17)15(13)16/h2-8H,9-10,17H2,1H3. The molecular weight excluding hydrogens is 277 g/mol. The fourth-order valence-corrected chi connectivity index (χ4v) is 3.60. The van der Waals surface area contributed by atoms with Gasteiger partial charge in [0.05, 0.1) is 17.2 Å². The maximum atomic E-state index is 13.8. The highest BCUT2D eigenvalue weighted by molar-refractivity contribution is 7.89. The van der Waals surface area contributed by atoms with Crippen LogP contribution in [0.4, 0.5) is 10.1 Å². The van der Waals surface area contributed by atoms with Crippen molar-refractivity contribution in [2.24, 2.45) is 0 Å². The zero-order chi connectivity index (χ0) is 14.8. The molecule has 20 heavy (non-hydrogen) atoms. The Bertz CT molecular complexity index is 726. The van der Waals surface area contributed by atoms with Crippen LogP contribution in [0, 0.1) is 12.7 Å². The molecule has 0 aromatic heterocycles. The van der Waals surface area contributed by atoms with E-state index in [-0.39, 0.29) is 22.8 Å². The lowest BCUT2D eigenvalue weighted by molar-refractivity contribution is 0.587. The van der Waals surface area contributed by atoms with E-state index in [0.29, 0.717) is 0 Å². The number of sulfone groups is 1. The topological polar surface area (TPSA) is 60.2 Å². The highest BCUT2D eigenvalue weighted by atomic mass is 32.2. The van der Waals surface area contributed by atoms with Gasteiger partial charge in [0.25, 0.3) is 0 Å². The van der Waals surface area contributed by atoms with Crippen LogP contribution in [0.5, 0.6) is 0 Å². The van der Waals surface area contributed by atoms with Crippen molar-refractivity contribution in [3.05, 3.63) is 65.0 Å². The second-order valence-corrected chi connectivity index (χ2v) is 6.84. The second-order valence-electron chi connectivity index (χ2n) is 4.78. The van der Waals surface area contributed by atoms with Gasteiger partial charge in [-0.3, -0.25) is 0 Å². The third kappa shape index (κ3) is 3.36. The number of halogens is 1. The van der Waals surface area contributed by atoms with Gasteiger partial charge in [-0.05, 0) is 24.1 Å². The fourth-order valence-electron chi connectivity index (χ4n) is 2.01. The zero-order valence-electron chi connectivity index (χ0n) is 11.1. The Morgan fingerprint density at radius 1 is 1.00 bits per heavy atom. The van der Waals surface area contributed by atoms with Gasteiger partial charge in [0.2, 0.25) is 0 Å². The number of hydrogen-bond acceptors (Lipinski definition) is 3. The number of benzene rings is 2. The molecule has 0 bridgehead atoms. The first-order valence-corrected chi connectivity index (χ1v) is 7.99. The first kappa shape index (κ1) is 14.5. The lowest BCUT2D eigenvalue weighted by atomic mass is 10.1.